The molecule has 4 aliphatic carbocycles. The van der Waals surface area contributed by atoms with Gasteiger partial charge in [0.1, 0.15) is 0 Å². The Labute approximate surface area is 391 Å². The van der Waals surface area contributed by atoms with Gasteiger partial charge in [0.15, 0.2) is 0 Å². The molecule has 1 heterocycles. The maximum atomic E-state index is 2.51. The second kappa shape index (κ2) is 14.9. The largest absolute Gasteiger partial charge is 0.310 e. The van der Waals surface area contributed by atoms with Crippen molar-refractivity contribution in [3.63, 3.8) is 0 Å². The average molecular weight is 855 g/mol. The monoisotopic (exact) mass is 854 g/mol. The molecule has 0 fully saturated rings. The van der Waals surface area contributed by atoms with Crippen LogP contribution in [0.1, 0.15) is 52.6 Å². The molecule has 0 N–H and O–H groups in total. The van der Waals surface area contributed by atoms with E-state index < -0.39 is 0 Å². The van der Waals surface area contributed by atoms with E-state index >= 15 is 0 Å². The molecule has 316 valence electrons. The van der Waals surface area contributed by atoms with Crippen molar-refractivity contribution in [2.24, 2.45) is 0 Å². The van der Waals surface area contributed by atoms with Gasteiger partial charge >= 0.3 is 0 Å². The summed E-state index contributed by atoms with van der Waals surface area (Å²) < 4.78 is 2.47. The maximum Gasteiger partial charge on any atom is 0.0689 e. The number of aryl methyl sites for hydroxylation is 1. The number of rotatable bonds is 6. The first-order valence-electron chi connectivity index (χ1n) is 23.9. The minimum Gasteiger partial charge on any atom is -0.310 e. The summed E-state index contributed by atoms with van der Waals surface area (Å²) in [6.45, 7) is 0. The van der Waals surface area contributed by atoms with Crippen LogP contribution in [-0.2, 0) is 11.8 Å². The number of fused-ring (bicyclic) bond motifs is 14. The fourth-order valence-electron chi connectivity index (χ4n) is 12.3. The summed E-state index contributed by atoms with van der Waals surface area (Å²) in [6, 6.07) is 77.2. The number of nitrogens with zero attached hydrogens (tertiary/aromatic N) is 2. The van der Waals surface area contributed by atoms with E-state index in [9.17, 15) is 0 Å². The lowest BCUT2D eigenvalue weighted by Gasteiger charge is -2.34. The van der Waals surface area contributed by atoms with Gasteiger partial charge in [0.25, 0.3) is 0 Å². The lowest BCUT2D eigenvalue weighted by molar-refractivity contribution is 0.714. The molecular weight excluding hydrogens is 809 g/mol. The quantitative estimate of drug-likeness (QED) is 0.162. The van der Waals surface area contributed by atoms with Crippen molar-refractivity contribution in [1.29, 1.82) is 0 Å². The Balaban J connectivity index is 0.887. The normalized spacial score (nSPS) is 16.3. The van der Waals surface area contributed by atoms with E-state index in [0.29, 0.717) is 0 Å². The zero-order chi connectivity index (χ0) is 44.1. The summed E-state index contributed by atoms with van der Waals surface area (Å²) in [5.74, 6) is 0. The molecule has 1 spiro atoms. The number of para-hydroxylation sites is 1. The van der Waals surface area contributed by atoms with Gasteiger partial charge in [-0.1, -0.05) is 176 Å². The Bertz CT molecular complexity index is 3710. The van der Waals surface area contributed by atoms with Crippen LogP contribution >= 0.6 is 0 Å². The van der Waals surface area contributed by atoms with Gasteiger partial charge in [0.2, 0.25) is 0 Å². The third-order valence-electron chi connectivity index (χ3n) is 15.2. The fourth-order valence-corrected chi connectivity index (χ4v) is 12.3. The van der Waals surface area contributed by atoms with Gasteiger partial charge in [-0.2, -0.15) is 0 Å². The second-order valence-corrected chi connectivity index (χ2v) is 18.6. The second-order valence-electron chi connectivity index (χ2n) is 18.6. The zero-order valence-corrected chi connectivity index (χ0v) is 37.2. The van der Waals surface area contributed by atoms with Crippen LogP contribution in [0, 0.1) is 0 Å². The predicted molar refractivity (Wildman–Crippen MR) is 281 cm³/mol. The van der Waals surface area contributed by atoms with Gasteiger partial charge in [-0.05, 0) is 153 Å². The van der Waals surface area contributed by atoms with Crippen molar-refractivity contribution in [1.82, 2.24) is 4.57 Å². The van der Waals surface area contributed by atoms with Gasteiger partial charge < -0.3 is 9.47 Å². The van der Waals surface area contributed by atoms with E-state index in [1.54, 1.807) is 0 Å². The van der Waals surface area contributed by atoms with E-state index in [-0.39, 0.29) is 5.41 Å². The Morgan fingerprint density at radius 2 is 1.00 bits per heavy atom. The van der Waals surface area contributed by atoms with Crippen LogP contribution in [0.25, 0.3) is 72.5 Å². The summed E-state index contributed by atoms with van der Waals surface area (Å²) >= 11 is 0. The lowest BCUT2D eigenvalue weighted by atomic mass is 9.68. The molecule has 2 nitrogen and oxygen atoms in total. The van der Waals surface area contributed by atoms with Crippen LogP contribution in [0.4, 0.5) is 17.1 Å². The minimum absolute atomic E-state index is 0.341. The number of benzene rings is 9. The Kier molecular flexibility index (Phi) is 8.48. The molecule has 0 radical (unpaired) electrons. The summed E-state index contributed by atoms with van der Waals surface area (Å²) in [5.41, 5.74) is 25.5. The molecule has 1 atom stereocenters. The molecule has 4 aliphatic rings. The minimum atomic E-state index is -0.341. The highest BCUT2D eigenvalue weighted by Gasteiger charge is 2.52. The number of allylic oxidation sites excluding steroid dienone is 5. The van der Waals surface area contributed by atoms with E-state index in [1.165, 1.54) is 105 Å². The van der Waals surface area contributed by atoms with E-state index in [0.717, 1.165) is 42.7 Å². The predicted octanol–water partition coefficient (Wildman–Crippen LogP) is 17.0. The molecule has 10 aromatic rings. The first-order chi connectivity index (χ1) is 33.2. The van der Waals surface area contributed by atoms with Crippen LogP contribution < -0.4 is 4.90 Å². The zero-order valence-electron chi connectivity index (χ0n) is 37.2. The number of hydrogen-bond acceptors (Lipinski definition) is 1. The number of aromatic nitrogens is 1. The Morgan fingerprint density at radius 1 is 0.418 bits per heavy atom. The molecule has 0 saturated carbocycles. The molecule has 0 amide bonds. The van der Waals surface area contributed by atoms with E-state index in [1.807, 2.05) is 0 Å². The van der Waals surface area contributed by atoms with Crippen LogP contribution in [-0.4, -0.2) is 4.57 Å². The Morgan fingerprint density at radius 3 is 1.76 bits per heavy atom. The number of anilines is 3. The highest BCUT2D eigenvalue weighted by Crippen LogP contribution is 2.64. The van der Waals surface area contributed by atoms with Crippen molar-refractivity contribution in [2.75, 3.05) is 4.90 Å². The first-order valence-corrected chi connectivity index (χ1v) is 23.9. The molecule has 0 aliphatic heterocycles. The van der Waals surface area contributed by atoms with Gasteiger partial charge in [0.05, 0.1) is 16.4 Å². The summed E-state index contributed by atoms with van der Waals surface area (Å²) in [5, 5.41) is 2.60. The van der Waals surface area contributed by atoms with Crippen molar-refractivity contribution < 1.29 is 0 Å². The van der Waals surface area contributed by atoms with Crippen molar-refractivity contribution in [3.8, 4) is 39.1 Å². The first kappa shape index (κ1) is 38.1. The standard InChI is InChI=1S/C65H46N2/c1-2-14-43(15-3-1)44-26-33-48(34-27-44)66(51-39-41-56-55-20-8-12-24-61(55)65(62(56)42-51)59-22-10-6-18-53(59)54-19-7-11-23-60(54)65)49-35-28-45(29-36-49)46-30-37-50(38-31-46)67-63-25-13-9-21-57(63)58-40-32-47-16-4-5-17-52(47)64(58)67/h1-3,5-10,12-15,17-22,24-42H,4,11,16,23H2. The van der Waals surface area contributed by atoms with Crippen molar-refractivity contribution in [2.45, 2.75) is 31.1 Å². The summed E-state index contributed by atoms with van der Waals surface area (Å²) in [6.07, 6.45) is 13.7. The van der Waals surface area contributed by atoms with E-state index in [2.05, 4.69) is 240 Å². The molecule has 9 aromatic carbocycles. The third kappa shape index (κ3) is 5.63. The van der Waals surface area contributed by atoms with Crippen molar-refractivity contribution in [3.05, 3.63) is 263 Å². The molecule has 14 rings (SSSR count). The Hall–Kier alpha value is -8.20. The molecule has 1 unspecified atom stereocenters. The molecule has 0 saturated heterocycles. The van der Waals surface area contributed by atoms with Gasteiger partial charge in [-0.3, -0.25) is 0 Å². The molecule has 1 aromatic heterocycles. The molecule has 2 heteroatoms. The SMILES string of the molecule is C1=CC2=C(CC1)C1(c3ccccc32)c2ccccc2-c2ccc(N(c3ccc(-c4ccccc4)cc3)c3ccc(-c4ccc(-n5c6ccccc6c6ccc7c(c65)C=CCC7)cc4)cc3)cc21. The molecule has 67 heavy (non-hydrogen) atoms. The maximum absolute atomic E-state index is 2.51. The summed E-state index contributed by atoms with van der Waals surface area (Å²) in [7, 11) is 0. The average Bonchev–Trinajstić information content (AvgIpc) is 4.02. The van der Waals surface area contributed by atoms with E-state index in [4.69, 9.17) is 0 Å². The van der Waals surface area contributed by atoms with Crippen LogP contribution in [0.15, 0.2) is 230 Å². The lowest BCUT2D eigenvalue weighted by Crippen LogP contribution is -2.28. The molecular formula is C65H46N2. The molecule has 0 bridgehead atoms. The summed E-state index contributed by atoms with van der Waals surface area (Å²) in [4.78, 5) is 2.45. The topological polar surface area (TPSA) is 8.17 Å². The van der Waals surface area contributed by atoms with Crippen LogP contribution in [0.2, 0.25) is 0 Å². The number of hydrogen-bond donors (Lipinski definition) is 0. The highest BCUT2D eigenvalue weighted by atomic mass is 15.1. The van der Waals surface area contributed by atoms with Crippen molar-refractivity contribution >= 4 is 50.5 Å². The third-order valence-corrected chi connectivity index (χ3v) is 15.2. The van der Waals surface area contributed by atoms with Gasteiger partial charge in [0, 0.05) is 39.1 Å². The highest BCUT2D eigenvalue weighted by molar-refractivity contribution is 6.12. The van der Waals surface area contributed by atoms with Gasteiger partial charge in [-0.15, -0.1) is 0 Å². The van der Waals surface area contributed by atoms with Gasteiger partial charge in [-0.25, -0.2) is 0 Å². The van der Waals surface area contributed by atoms with Crippen LogP contribution in [0.3, 0.4) is 0 Å². The van der Waals surface area contributed by atoms with Crippen LogP contribution in [0.5, 0.6) is 0 Å². The fraction of sp³-hybridized carbons (Fsp3) is 0.0769. The smallest absolute Gasteiger partial charge is 0.0689 e.